The second-order valence-electron chi connectivity index (χ2n) is 6.52. The minimum atomic E-state index is -0.0845. The standard InChI is InChI=1S/C14H21ClN2O/c1-9(15)8-16-13(18)17-14-5-10-2-11(6-14)4-12(3-10)7-14/h10-12H,1-8H2,(H2,16,17,18). The fraction of sp³-hybridized carbons (Fsp3) is 0.786. The van der Waals surface area contributed by atoms with Crippen molar-refractivity contribution < 1.29 is 4.79 Å². The van der Waals surface area contributed by atoms with Crippen LogP contribution < -0.4 is 10.6 Å². The van der Waals surface area contributed by atoms with Crippen LogP contribution in [0, 0.1) is 17.8 Å². The van der Waals surface area contributed by atoms with Crippen molar-refractivity contribution in [2.75, 3.05) is 6.54 Å². The quantitative estimate of drug-likeness (QED) is 0.812. The van der Waals surface area contributed by atoms with Gasteiger partial charge in [-0.15, -0.1) is 0 Å². The van der Waals surface area contributed by atoms with Crippen LogP contribution in [0.2, 0.25) is 0 Å². The second-order valence-corrected chi connectivity index (χ2v) is 7.06. The molecular weight excluding hydrogens is 248 g/mol. The monoisotopic (exact) mass is 268 g/mol. The molecule has 0 heterocycles. The fourth-order valence-electron chi connectivity index (χ4n) is 4.72. The Morgan fingerprint density at radius 2 is 1.67 bits per heavy atom. The summed E-state index contributed by atoms with van der Waals surface area (Å²) < 4.78 is 0. The summed E-state index contributed by atoms with van der Waals surface area (Å²) in [5, 5.41) is 6.47. The molecule has 3 nitrogen and oxygen atoms in total. The Kier molecular flexibility index (Phi) is 3.05. The van der Waals surface area contributed by atoms with Crippen molar-refractivity contribution >= 4 is 17.6 Å². The van der Waals surface area contributed by atoms with Crippen molar-refractivity contribution in [3.63, 3.8) is 0 Å². The van der Waals surface area contributed by atoms with Gasteiger partial charge < -0.3 is 10.6 Å². The molecule has 0 atom stereocenters. The molecule has 100 valence electrons. The molecule has 0 saturated heterocycles. The van der Waals surface area contributed by atoms with E-state index in [1.807, 2.05) is 0 Å². The first kappa shape index (κ1) is 12.3. The highest BCUT2D eigenvalue weighted by atomic mass is 35.5. The average molecular weight is 269 g/mol. The van der Waals surface area contributed by atoms with E-state index >= 15 is 0 Å². The maximum atomic E-state index is 11.9. The smallest absolute Gasteiger partial charge is 0.315 e. The molecule has 2 N–H and O–H groups in total. The maximum absolute atomic E-state index is 11.9. The zero-order valence-corrected chi connectivity index (χ0v) is 11.4. The molecule has 0 radical (unpaired) electrons. The van der Waals surface area contributed by atoms with Crippen LogP contribution in [-0.4, -0.2) is 18.1 Å². The Morgan fingerprint density at radius 1 is 1.17 bits per heavy atom. The second kappa shape index (κ2) is 4.44. The van der Waals surface area contributed by atoms with Gasteiger partial charge in [-0.2, -0.15) is 0 Å². The van der Waals surface area contributed by atoms with Crippen molar-refractivity contribution in [3.8, 4) is 0 Å². The fourth-order valence-corrected chi connectivity index (χ4v) is 4.79. The number of amides is 2. The Hall–Kier alpha value is -0.700. The van der Waals surface area contributed by atoms with Gasteiger partial charge in [0.1, 0.15) is 0 Å². The van der Waals surface area contributed by atoms with E-state index in [1.165, 1.54) is 38.5 Å². The van der Waals surface area contributed by atoms with Gasteiger partial charge in [0.2, 0.25) is 0 Å². The normalized spacial score (nSPS) is 40.6. The van der Waals surface area contributed by atoms with Gasteiger partial charge in [0.05, 0.1) is 6.54 Å². The van der Waals surface area contributed by atoms with Crippen LogP contribution in [0.1, 0.15) is 38.5 Å². The molecule has 4 fully saturated rings. The zero-order valence-electron chi connectivity index (χ0n) is 10.7. The van der Waals surface area contributed by atoms with Gasteiger partial charge in [0.15, 0.2) is 0 Å². The topological polar surface area (TPSA) is 41.1 Å². The summed E-state index contributed by atoms with van der Waals surface area (Å²) in [7, 11) is 0. The predicted molar refractivity (Wildman–Crippen MR) is 72.4 cm³/mol. The van der Waals surface area contributed by atoms with E-state index in [1.54, 1.807) is 0 Å². The number of halogens is 1. The van der Waals surface area contributed by atoms with Crippen LogP contribution >= 0.6 is 11.6 Å². The van der Waals surface area contributed by atoms with E-state index in [9.17, 15) is 4.79 Å². The first-order valence-corrected chi connectivity index (χ1v) is 7.32. The molecule has 0 aliphatic heterocycles. The van der Waals surface area contributed by atoms with Crippen LogP contribution in [0.25, 0.3) is 0 Å². The van der Waals surface area contributed by atoms with E-state index in [2.05, 4.69) is 17.2 Å². The van der Waals surface area contributed by atoms with Gasteiger partial charge in [0.25, 0.3) is 0 Å². The number of carbonyl (C=O) groups is 1. The predicted octanol–water partition coefficient (Wildman–Crippen LogP) is 3.01. The lowest BCUT2D eigenvalue weighted by Crippen LogP contribution is -2.61. The lowest BCUT2D eigenvalue weighted by Gasteiger charge is -2.56. The third-order valence-corrected chi connectivity index (χ3v) is 4.99. The molecule has 0 aromatic carbocycles. The number of rotatable bonds is 3. The van der Waals surface area contributed by atoms with Gasteiger partial charge in [-0.25, -0.2) is 4.79 Å². The Balaban J connectivity index is 1.61. The molecule has 0 aromatic rings. The average Bonchev–Trinajstić information content (AvgIpc) is 2.23. The minimum absolute atomic E-state index is 0.0759. The molecule has 0 aromatic heterocycles. The van der Waals surface area contributed by atoms with E-state index in [4.69, 9.17) is 11.6 Å². The van der Waals surface area contributed by atoms with Crippen molar-refractivity contribution in [1.29, 1.82) is 0 Å². The number of hydrogen-bond donors (Lipinski definition) is 2. The molecular formula is C14H21ClN2O. The molecule has 0 unspecified atom stereocenters. The van der Waals surface area contributed by atoms with E-state index in [-0.39, 0.29) is 11.6 Å². The summed E-state index contributed by atoms with van der Waals surface area (Å²) in [4.78, 5) is 11.9. The molecule has 2 amide bonds. The Morgan fingerprint density at radius 3 is 2.11 bits per heavy atom. The molecule has 18 heavy (non-hydrogen) atoms. The summed E-state index contributed by atoms with van der Waals surface area (Å²) in [5.41, 5.74) is 0.0759. The summed E-state index contributed by atoms with van der Waals surface area (Å²) in [5.74, 6) is 2.54. The lowest BCUT2D eigenvalue weighted by molar-refractivity contribution is -0.0134. The summed E-state index contributed by atoms with van der Waals surface area (Å²) in [6, 6.07) is -0.0845. The number of urea groups is 1. The molecule has 0 spiro atoms. The van der Waals surface area contributed by atoms with Crippen LogP contribution in [0.4, 0.5) is 4.79 Å². The third kappa shape index (κ3) is 2.37. The SMILES string of the molecule is C=C(Cl)CNC(=O)NC12CC3CC(CC(C3)C1)C2. The molecule has 4 heteroatoms. The van der Waals surface area contributed by atoms with Gasteiger partial charge >= 0.3 is 6.03 Å². The number of nitrogens with one attached hydrogen (secondary N) is 2. The summed E-state index contributed by atoms with van der Waals surface area (Å²) in [6.07, 6.45) is 7.69. The van der Waals surface area contributed by atoms with Gasteiger partial charge in [-0.1, -0.05) is 18.2 Å². The van der Waals surface area contributed by atoms with Crippen LogP contribution in [0.15, 0.2) is 11.6 Å². The van der Waals surface area contributed by atoms with Crippen LogP contribution in [0.5, 0.6) is 0 Å². The first-order chi connectivity index (χ1) is 8.55. The van der Waals surface area contributed by atoms with E-state index in [0.717, 1.165) is 17.8 Å². The highest BCUT2D eigenvalue weighted by Crippen LogP contribution is 2.55. The van der Waals surface area contributed by atoms with Gasteiger partial charge in [0, 0.05) is 10.6 Å². The summed E-state index contributed by atoms with van der Waals surface area (Å²) >= 11 is 5.66. The van der Waals surface area contributed by atoms with Crippen molar-refractivity contribution in [3.05, 3.63) is 11.6 Å². The van der Waals surface area contributed by atoms with Crippen LogP contribution in [-0.2, 0) is 0 Å². The first-order valence-electron chi connectivity index (χ1n) is 6.94. The highest BCUT2D eigenvalue weighted by molar-refractivity contribution is 6.29. The molecule has 4 saturated carbocycles. The van der Waals surface area contributed by atoms with Crippen molar-refractivity contribution in [2.24, 2.45) is 17.8 Å². The zero-order chi connectivity index (χ0) is 12.8. The molecule has 4 rings (SSSR count). The van der Waals surface area contributed by atoms with Crippen molar-refractivity contribution in [1.82, 2.24) is 10.6 Å². The highest BCUT2D eigenvalue weighted by Gasteiger charge is 2.51. The molecule has 4 aliphatic rings. The minimum Gasteiger partial charge on any atom is -0.333 e. The third-order valence-electron chi connectivity index (χ3n) is 4.86. The van der Waals surface area contributed by atoms with Gasteiger partial charge in [-0.05, 0) is 56.3 Å². The molecule has 4 aliphatic carbocycles. The largest absolute Gasteiger partial charge is 0.333 e. The van der Waals surface area contributed by atoms with Crippen molar-refractivity contribution in [2.45, 2.75) is 44.1 Å². The number of carbonyl (C=O) groups excluding carboxylic acids is 1. The maximum Gasteiger partial charge on any atom is 0.315 e. The van der Waals surface area contributed by atoms with E-state index < -0.39 is 0 Å². The molecule has 4 bridgehead atoms. The van der Waals surface area contributed by atoms with E-state index in [0.29, 0.717) is 11.6 Å². The Bertz CT molecular complexity index is 345. The van der Waals surface area contributed by atoms with Gasteiger partial charge in [-0.3, -0.25) is 0 Å². The summed E-state index contributed by atoms with van der Waals surface area (Å²) in [6.45, 7) is 3.92. The Labute approximate surface area is 113 Å². The lowest BCUT2D eigenvalue weighted by atomic mass is 9.53. The van der Waals surface area contributed by atoms with Crippen LogP contribution in [0.3, 0.4) is 0 Å². The number of hydrogen-bond acceptors (Lipinski definition) is 1.